The van der Waals surface area contributed by atoms with E-state index in [1.165, 1.54) is 5.56 Å². The standard InChI is InChI=1S/C23H34N6O2/c1-4-17-9-20(29-22(26-17)19(11-25-29)14(2)3)27-21-15-5-6-16(21)13-28(12-15)23(30)31-18-7-8-24-10-18/h9,11,14-16,18,21,24,27H,4-8,10,12-13H2,1-3H3. The highest BCUT2D eigenvalue weighted by atomic mass is 16.6. The van der Waals surface area contributed by atoms with Crippen LogP contribution in [0.2, 0.25) is 0 Å². The predicted molar refractivity (Wildman–Crippen MR) is 119 cm³/mol. The van der Waals surface area contributed by atoms with Gasteiger partial charge < -0.3 is 20.3 Å². The van der Waals surface area contributed by atoms with Gasteiger partial charge in [-0.2, -0.15) is 9.61 Å². The number of rotatable bonds is 5. The van der Waals surface area contributed by atoms with E-state index < -0.39 is 0 Å². The molecule has 2 bridgehead atoms. The van der Waals surface area contributed by atoms with E-state index in [4.69, 9.17) is 9.72 Å². The van der Waals surface area contributed by atoms with Gasteiger partial charge in [0.05, 0.1) is 6.20 Å². The molecule has 1 aliphatic carbocycles. The molecule has 2 aromatic rings. The molecule has 8 heteroatoms. The minimum atomic E-state index is -0.141. The van der Waals surface area contributed by atoms with E-state index in [-0.39, 0.29) is 12.2 Å². The van der Waals surface area contributed by atoms with Crippen molar-refractivity contribution < 1.29 is 9.53 Å². The van der Waals surface area contributed by atoms with Gasteiger partial charge in [-0.1, -0.05) is 20.8 Å². The van der Waals surface area contributed by atoms with Crippen molar-refractivity contribution in [1.29, 1.82) is 0 Å². The van der Waals surface area contributed by atoms with Crippen LogP contribution in [0.15, 0.2) is 12.3 Å². The monoisotopic (exact) mass is 426 g/mol. The summed E-state index contributed by atoms with van der Waals surface area (Å²) in [6, 6.07) is 2.48. The van der Waals surface area contributed by atoms with E-state index in [1.54, 1.807) is 0 Å². The van der Waals surface area contributed by atoms with E-state index in [1.807, 2.05) is 15.6 Å². The number of likely N-dealkylation sites (tertiary alicyclic amines) is 1. The molecule has 2 N–H and O–H groups in total. The summed E-state index contributed by atoms with van der Waals surface area (Å²) in [5.74, 6) is 2.26. The molecule has 0 radical (unpaired) electrons. The Morgan fingerprint density at radius 3 is 2.71 bits per heavy atom. The van der Waals surface area contributed by atoms with Gasteiger partial charge in [0.25, 0.3) is 0 Å². The second kappa shape index (κ2) is 8.30. The molecule has 2 aliphatic heterocycles. The zero-order valence-corrected chi connectivity index (χ0v) is 18.8. The Bertz CT molecular complexity index is 937. The molecule has 2 saturated heterocycles. The zero-order chi connectivity index (χ0) is 21.5. The summed E-state index contributed by atoms with van der Waals surface area (Å²) >= 11 is 0. The van der Waals surface area contributed by atoms with Crippen molar-refractivity contribution in [3.8, 4) is 0 Å². The number of carbonyl (C=O) groups is 1. The third-order valence-corrected chi connectivity index (χ3v) is 7.23. The summed E-state index contributed by atoms with van der Waals surface area (Å²) in [6.07, 6.45) is 5.91. The number of piperidine rings is 1. The van der Waals surface area contributed by atoms with E-state index in [0.29, 0.717) is 23.8 Å². The molecule has 1 saturated carbocycles. The lowest BCUT2D eigenvalue weighted by molar-refractivity contribution is 0.0531. The Morgan fingerprint density at radius 1 is 1.29 bits per heavy atom. The van der Waals surface area contributed by atoms with Gasteiger partial charge >= 0.3 is 6.09 Å². The molecular weight excluding hydrogens is 392 g/mol. The molecule has 4 heterocycles. The molecule has 3 aliphatic rings. The first-order valence-electron chi connectivity index (χ1n) is 11.8. The fraction of sp³-hybridized carbons (Fsp3) is 0.696. The summed E-state index contributed by atoms with van der Waals surface area (Å²) in [6.45, 7) is 9.73. The van der Waals surface area contributed by atoms with E-state index in [2.05, 4.69) is 42.6 Å². The van der Waals surface area contributed by atoms with Gasteiger partial charge in [0.2, 0.25) is 0 Å². The molecule has 0 spiro atoms. The molecule has 168 valence electrons. The Labute approximate surface area is 183 Å². The molecule has 1 amide bonds. The SMILES string of the molecule is CCc1cc(NC2C3CCC2CN(C(=O)OC2CCNC2)C3)n2ncc(C(C)C)c2n1. The van der Waals surface area contributed by atoms with E-state index >= 15 is 0 Å². The number of fused-ring (bicyclic) bond motifs is 3. The number of carbonyl (C=O) groups excluding carboxylic acids is 1. The summed E-state index contributed by atoms with van der Waals surface area (Å²) in [5, 5.41) is 11.7. The minimum absolute atomic E-state index is 0.0218. The summed E-state index contributed by atoms with van der Waals surface area (Å²) < 4.78 is 7.68. The van der Waals surface area contributed by atoms with Crippen LogP contribution >= 0.6 is 0 Å². The van der Waals surface area contributed by atoms with Gasteiger partial charge in [-0.15, -0.1) is 0 Å². The smallest absolute Gasteiger partial charge is 0.410 e. The van der Waals surface area contributed by atoms with Crippen LogP contribution in [0.5, 0.6) is 0 Å². The minimum Gasteiger partial charge on any atom is -0.445 e. The van der Waals surface area contributed by atoms with E-state index in [9.17, 15) is 4.79 Å². The first kappa shape index (κ1) is 20.5. The molecule has 3 fully saturated rings. The number of nitrogens with zero attached hydrogens (tertiary/aromatic N) is 4. The van der Waals surface area contributed by atoms with Crippen molar-refractivity contribution in [2.24, 2.45) is 11.8 Å². The maximum Gasteiger partial charge on any atom is 0.410 e. The van der Waals surface area contributed by atoms with Gasteiger partial charge in [0.15, 0.2) is 5.65 Å². The van der Waals surface area contributed by atoms with Gasteiger partial charge in [-0.3, -0.25) is 0 Å². The molecule has 8 nitrogen and oxygen atoms in total. The van der Waals surface area contributed by atoms with Crippen LogP contribution in [0, 0.1) is 11.8 Å². The van der Waals surface area contributed by atoms with Gasteiger partial charge in [0.1, 0.15) is 11.9 Å². The highest BCUT2D eigenvalue weighted by Gasteiger charge is 2.44. The Hall–Kier alpha value is -2.35. The fourth-order valence-electron chi connectivity index (χ4n) is 5.45. The van der Waals surface area contributed by atoms with Crippen molar-refractivity contribution in [2.75, 3.05) is 31.5 Å². The van der Waals surface area contributed by atoms with Crippen molar-refractivity contribution in [1.82, 2.24) is 24.8 Å². The zero-order valence-electron chi connectivity index (χ0n) is 18.8. The van der Waals surface area contributed by atoms with Crippen molar-refractivity contribution in [2.45, 2.75) is 64.5 Å². The number of aryl methyl sites for hydroxylation is 1. The Balaban J connectivity index is 1.33. The molecule has 2 aromatic heterocycles. The van der Waals surface area contributed by atoms with Crippen molar-refractivity contribution >= 4 is 17.6 Å². The van der Waals surface area contributed by atoms with E-state index in [0.717, 1.165) is 69.0 Å². The predicted octanol–water partition coefficient (Wildman–Crippen LogP) is 3.04. The third kappa shape index (κ3) is 3.86. The normalized spacial score (nSPS) is 27.9. The Kier molecular flexibility index (Phi) is 5.50. The molecule has 5 rings (SSSR count). The van der Waals surface area contributed by atoms with Crippen LogP contribution in [0.1, 0.15) is 57.2 Å². The topological polar surface area (TPSA) is 83.8 Å². The lowest BCUT2D eigenvalue weighted by Gasteiger charge is -2.38. The molecular formula is C23H34N6O2. The molecule has 0 aromatic carbocycles. The summed E-state index contributed by atoms with van der Waals surface area (Å²) in [5.41, 5.74) is 3.21. The highest BCUT2D eigenvalue weighted by molar-refractivity contribution is 5.68. The fourth-order valence-corrected chi connectivity index (χ4v) is 5.45. The molecule has 3 unspecified atom stereocenters. The van der Waals surface area contributed by atoms with Crippen LogP contribution in [0.3, 0.4) is 0 Å². The maximum atomic E-state index is 12.7. The number of ether oxygens (including phenoxy) is 1. The average Bonchev–Trinajstić information content (AvgIpc) is 3.46. The van der Waals surface area contributed by atoms with Gasteiger partial charge in [0, 0.05) is 43.0 Å². The van der Waals surface area contributed by atoms with Gasteiger partial charge in [-0.05, 0) is 50.0 Å². The highest BCUT2D eigenvalue weighted by Crippen LogP contribution is 2.39. The second-order valence-corrected chi connectivity index (χ2v) is 9.65. The largest absolute Gasteiger partial charge is 0.445 e. The van der Waals surface area contributed by atoms with Crippen LogP contribution in [-0.2, 0) is 11.2 Å². The average molecular weight is 427 g/mol. The summed E-state index contributed by atoms with van der Waals surface area (Å²) in [4.78, 5) is 19.5. The summed E-state index contributed by atoms with van der Waals surface area (Å²) in [7, 11) is 0. The van der Waals surface area contributed by atoms with Crippen LogP contribution in [0.4, 0.5) is 10.6 Å². The number of nitrogens with one attached hydrogen (secondary N) is 2. The number of aromatic nitrogens is 3. The van der Waals surface area contributed by atoms with Crippen LogP contribution in [-0.4, -0.2) is 63.9 Å². The number of hydrogen-bond donors (Lipinski definition) is 2. The number of anilines is 1. The lowest BCUT2D eigenvalue weighted by Crippen LogP contribution is -2.51. The van der Waals surface area contributed by atoms with Gasteiger partial charge in [-0.25, -0.2) is 9.78 Å². The first-order chi connectivity index (χ1) is 15.0. The second-order valence-electron chi connectivity index (χ2n) is 9.65. The quantitative estimate of drug-likeness (QED) is 0.765. The lowest BCUT2D eigenvalue weighted by atomic mass is 9.92. The van der Waals surface area contributed by atoms with Crippen molar-refractivity contribution in [3.63, 3.8) is 0 Å². The maximum absolute atomic E-state index is 12.7. The van der Waals surface area contributed by atoms with Crippen LogP contribution in [0.25, 0.3) is 5.65 Å². The number of hydrogen-bond acceptors (Lipinski definition) is 6. The Morgan fingerprint density at radius 2 is 2.06 bits per heavy atom. The van der Waals surface area contributed by atoms with Crippen LogP contribution < -0.4 is 10.6 Å². The third-order valence-electron chi connectivity index (χ3n) is 7.23. The molecule has 31 heavy (non-hydrogen) atoms. The van der Waals surface area contributed by atoms with Crippen molar-refractivity contribution in [3.05, 3.63) is 23.5 Å². The molecule has 3 atom stereocenters. The first-order valence-corrected chi connectivity index (χ1v) is 11.8. The number of amides is 1.